The van der Waals surface area contributed by atoms with Crippen LogP contribution in [0.3, 0.4) is 0 Å². The summed E-state index contributed by atoms with van der Waals surface area (Å²) in [6.45, 7) is 11.6. The van der Waals surface area contributed by atoms with Crippen molar-refractivity contribution in [1.29, 1.82) is 0 Å². The van der Waals surface area contributed by atoms with E-state index in [1.807, 2.05) is 19.1 Å². The van der Waals surface area contributed by atoms with Crippen molar-refractivity contribution < 1.29 is 8.42 Å². The first kappa shape index (κ1) is 14.2. The van der Waals surface area contributed by atoms with E-state index in [1.165, 1.54) is 0 Å². The maximum Gasteiger partial charge on any atom is 0.180 e. The Labute approximate surface area is 105 Å². The van der Waals surface area contributed by atoms with Crippen LogP contribution in [0.15, 0.2) is 23.1 Å². The third kappa shape index (κ3) is 2.71. The topological polar surface area (TPSA) is 34.1 Å². The zero-order chi connectivity index (χ0) is 13.4. The summed E-state index contributed by atoms with van der Waals surface area (Å²) < 4.78 is 24.7. The van der Waals surface area contributed by atoms with E-state index in [-0.39, 0.29) is 10.7 Å². The third-order valence-corrected chi connectivity index (χ3v) is 5.11. The van der Waals surface area contributed by atoms with Gasteiger partial charge in [0.1, 0.15) is 0 Å². The summed E-state index contributed by atoms with van der Waals surface area (Å²) in [5.41, 5.74) is 1.82. The molecule has 0 saturated heterocycles. The molecule has 0 bridgehead atoms. The Balaban J connectivity index is 3.63. The molecular formula is C14H22O2S. The summed E-state index contributed by atoms with van der Waals surface area (Å²) in [6.07, 6.45) is 0. The van der Waals surface area contributed by atoms with Crippen LogP contribution in [0.2, 0.25) is 0 Å². The van der Waals surface area contributed by atoms with Crippen molar-refractivity contribution in [2.75, 3.05) is 0 Å². The molecule has 0 fully saturated rings. The van der Waals surface area contributed by atoms with E-state index < -0.39 is 9.84 Å². The highest BCUT2D eigenvalue weighted by Crippen LogP contribution is 2.33. The van der Waals surface area contributed by atoms with Crippen molar-refractivity contribution in [1.82, 2.24) is 0 Å². The van der Waals surface area contributed by atoms with Crippen LogP contribution in [0.25, 0.3) is 0 Å². The molecule has 0 N–H and O–H groups in total. The normalized spacial score (nSPS) is 13.1. The van der Waals surface area contributed by atoms with Gasteiger partial charge in [0.2, 0.25) is 0 Å². The molecule has 0 unspecified atom stereocenters. The SMILES string of the molecule is Cc1cccc(S(=O)(=O)C(C)C)c1C(C)(C)C. The quantitative estimate of drug-likeness (QED) is 0.809. The highest BCUT2D eigenvalue weighted by Gasteiger charge is 2.28. The van der Waals surface area contributed by atoms with E-state index in [0.29, 0.717) is 4.90 Å². The fourth-order valence-corrected chi connectivity index (χ4v) is 3.62. The van der Waals surface area contributed by atoms with Crippen molar-refractivity contribution in [2.24, 2.45) is 0 Å². The van der Waals surface area contributed by atoms with Crippen molar-refractivity contribution in [3.63, 3.8) is 0 Å². The number of benzene rings is 1. The average Bonchev–Trinajstić information content (AvgIpc) is 2.14. The molecule has 3 heteroatoms. The van der Waals surface area contributed by atoms with Crippen LogP contribution in [0.1, 0.15) is 45.7 Å². The van der Waals surface area contributed by atoms with E-state index in [9.17, 15) is 8.42 Å². The lowest BCUT2D eigenvalue weighted by Crippen LogP contribution is -2.22. The van der Waals surface area contributed by atoms with Gasteiger partial charge in [-0.3, -0.25) is 0 Å². The molecule has 1 aromatic rings. The van der Waals surface area contributed by atoms with Crippen LogP contribution in [0.4, 0.5) is 0 Å². The van der Waals surface area contributed by atoms with Crippen LogP contribution in [0, 0.1) is 6.92 Å². The predicted molar refractivity (Wildman–Crippen MR) is 72.2 cm³/mol. The number of hydrogen-bond donors (Lipinski definition) is 0. The first-order valence-corrected chi connectivity index (χ1v) is 7.47. The Morgan fingerprint density at radius 1 is 1.12 bits per heavy atom. The molecule has 1 aromatic carbocycles. The molecule has 0 aliphatic heterocycles. The van der Waals surface area contributed by atoms with Crippen LogP contribution < -0.4 is 0 Å². The molecule has 1 rings (SSSR count). The molecule has 0 atom stereocenters. The van der Waals surface area contributed by atoms with Crippen molar-refractivity contribution in [2.45, 2.75) is 57.1 Å². The predicted octanol–water partition coefficient (Wildman–Crippen LogP) is 3.47. The van der Waals surface area contributed by atoms with Gasteiger partial charge in [-0.1, -0.05) is 32.9 Å². The van der Waals surface area contributed by atoms with Crippen LogP contribution in [-0.4, -0.2) is 13.7 Å². The summed E-state index contributed by atoms with van der Waals surface area (Å²) >= 11 is 0. The van der Waals surface area contributed by atoms with Crippen LogP contribution in [0.5, 0.6) is 0 Å². The monoisotopic (exact) mass is 254 g/mol. The molecule has 0 aromatic heterocycles. The van der Waals surface area contributed by atoms with E-state index in [1.54, 1.807) is 19.9 Å². The van der Waals surface area contributed by atoms with E-state index in [2.05, 4.69) is 20.8 Å². The number of hydrogen-bond acceptors (Lipinski definition) is 2. The maximum absolute atomic E-state index is 12.4. The van der Waals surface area contributed by atoms with E-state index >= 15 is 0 Å². The minimum Gasteiger partial charge on any atom is -0.223 e. The molecule has 0 aliphatic rings. The molecule has 96 valence electrons. The average molecular weight is 254 g/mol. The van der Waals surface area contributed by atoms with Crippen LogP contribution in [-0.2, 0) is 15.3 Å². The second-order valence-electron chi connectivity index (χ2n) is 5.79. The van der Waals surface area contributed by atoms with Crippen molar-refractivity contribution in [3.8, 4) is 0 Å². The lowest BCUT2D eigenvalue weighted by molar-refractivity contribution is 0.554. The van der Waals surface area contributed by atoms with E-state index in [4.69, 9.17) is 0 Å². The largest absolute Gasteiger partial charge is 0.223 e. The number of aryl methyl sites for hydroxylation is 1. The zero-order valence-electron chi connectivity index (χ0n) is 11.5. The highest BCUT2D eigenvalue weighted by atomic mass is 32.2. The van der Waals surface area contributed by atoms with Crippen molar-refractivity contribution >= 4 is 9.84 Å². The number of rotatable bonds is 2. The highest BCUT2D eigenvalue weighted by molar-refractivity contribution is 7.92. The Kier molecular flexibility index (Phi) is 3.72. The van der Waals surface area contributed by atoms with E-state index in [0.717, 1.165) is 11.1 Å². The van der Waals surface area contributed by atoms with Gasteiger partial charge in [-0.2, -0.15) is 0 Å². The van der Waals surface area contributed by atoms with Gasteiger partial charge < -0.3 is 0 Å². The first-order chi connectivity index (χ1) is 7.58. The van der Waals surface area contributed by atoms with Gasteiger partial charge in [0, 0.05) is 0 Å². The molecule has 0 amide bonds. The molecular weight excluding hydrogens is 232 g/mol. The third-order valence-electron chi connectivity index (χ3n) is 2.91. The fraction of sp³-hybridized carbons (Fsp3) is 0.571. The Morgan fingerprint density at radius 3 is 2.06 bits per heavy atom. The van der Waals surface area contributed by atoms with Gasteiger partial charge in [-0.05, 0) is 43.4 Å². The van der Waals surface area contributed by atoms with Gasteiger partial charge in [0.25, 0.3) is 0 Å². The molecule has 17 heavy (non-hydrogen) atoms. The molecule has 0 heterocycles. The Morgan fingerprint density at radius 2 is 1.65 bits per heavy atom. The maximum atomic E-state index is 12.4. The van der Waals surface area contributed by atoms with Gasteiger partial charge in [-0.25, -0.2) is 8.42 Å². The lowest BCUT2D eigenvalue weighted by atomic mass is 9.84. The van der Waals surface area contributed by atoms with Gasteiger partial charge in [0.15, 0.2) is 9.84 Å². The second-order valence-corrected chi connectivity index (χ2v) is 8.26. The molecule has 0 spiro atoms. The van der Waals surface area contributed by atoms with Crippen LogP contribution >= 0.6 is 0 Å². The molecule has 0 aliphatic carbocycles. The minimum atomic E-state index is -3.21. The smallest absolute Gasteiger partial charge is 0.180 e. The molecule has 2 nitrogen and oxygen atoms in total. The van der Waals surface area contributed by atoms with Crippen molar-refractivity contribution in [3.05, 3.63) is 29.3 Å². The summed E-state index contributed by atoms with van der Waals surface area (Å²) in [6, 6.07) is 5.52. The minimum absolute atomic E-state index is 0.164. The zero-order valence-corrected chi connectivity index (χ0v) is 12.4. The Bertz CT molecular complexity index is 506. The van der Waals surface area contributed by atoms with Gasteiger partial charge in [-0.15, -0.1) is 0 Å². The molecule has 0 saturated carbocycles. The summed E-state index contributed by atoms with van der Waals surface area (Å²) in [5.74, 6) is 0. The Hall–Kier alpha value is -0.830. The second kappa shape index (κ2) is 4.45. The number of sulfone groups is 1. The lowest BCUT2D eigenvalue weighted by Gasteiger charge is -2.25. The fourth-order valence-electron chi connectivity index (χ4n) is 2.09. The standard InChI is InChI=1S/C14H22O2S/c1-10(2)17(15,16)12-9-7-8-11(3)13(12)14(4,5)6/h7-10H,1-6H3. The first-order valence-electron chi connectivity index (χ1n) is 5.92. The summed E-state index contributed by atoms with van der Waals surface area (Å²) in [4.78, 5) is 0.486. The molecule has 0 radical (unpaired) electrons. The van der Waals surface area contributed by atoms with Gasteiger partial charge in [0.05, 0.1) is 10.1 Å². The summed E-state index contributed by atoms with van der Waals surface area (Å²) in [5, 5.41) is -0.384. The van der Waals surface area contributed by atoms with Gasteiger partial charge >= 0.3 is 0 Å². The summed E-state index contributed by atoms with van der Waals surface area (Å²) in [7, 11) is -3.21.